The van der Waals surface area contributed by atoms with E-state index in [2.05, 4.69) is 33.0 Å². The SMILES string of the molecule is CCCC(C)COc1cc2c(cc1CNC(C)C)OCO2. The molecule has 118 valence electrons. The Morgan fingerprint density at radius 1 is 1.19 bits per heavy atom. The first kappa shape index (κ1) is 16.0. The third kappa shape index (κ3) is 4.53. The van der Waals surface area contributed by atoms with Gasteiger partial charge in [0, 0.05) is 24.2 Å². The molecule has 0 spiro atoms. The van der Waals surface area contributed by atoms with Crippen LogP contribution < -0.4 is 19.5 Å². The second-order valence-electron chi connectivity index (χ2n) is 6.05. The van der Waals surface area contributed by atoms with Crippen LogP contribution >= 0.6 is 0 Å². The molecular formula is C17H27NO3. The van der Waals surface area contributed by atoms with E-state index in [1.807, 2.05) is 12.1 Å². The normalized spacial score (nSPS) is 14.5. The van der Waals surface area contributed by atoms with Crippen molar-refractivity contribution in [1.29, 1.82) is 0 Å². The number of fused-ring (bicyclic) bond motifs is 1. The first-order valence-electron chi connectivity index (χ1n) is 7.88. The first-order valence-corrected chi connectivity index (χ1v) is 7.88. The number of hydrogen-bond donors (Lipinski definition) is 1. The molecule has 4 heteroatoms. The maximum atomic E-state index is 6.03. The Hall–Kier alpha value is -1.42. The van der Waals surface area contributed by atoms with Crippen LogP contribution in [-0.4, -0.2) is 19.4 Å². The monoisotopic (exact) mass is 293 g/mol. The van der Waals surface area contributed by atoms with Crippen molar-refractivity contribution in [2.45, 2.75) is 53.1 Å². The van der Waals surface area contributed by atoms with Gasteiger partial charge in [-0.3, -0.25) is 0 Å². The summed E-state index contributed by atoms with van der Waals surface area (Å²) < 4.78 is 16.9. The molecule has 1 aliphatic heterocycles. The molecule has 0 amide bonds. The summed E-state index contributed by atoms with van der Waals surface area (Å²) in [6.07, 6.45) is 2.37. The fourth-order valence-corrected chi connectivity index (χ4v) is 2.36. The number of hydrogen-bond acceptors (Lipinski definition) is 4. The van der Waals surface area contributed by atoms with Gasteiger partial charge in [-0.1, -0.05) is 34.1 Å². The Morgan fingerprint density at radius 2 is 1.90 bits per heavy atom. The first-order chi connectivity index (χ1) is 10.1. The van der Waals surface area contributed by atoms with Crippen molar-refractivity contribution >= 4 is 0 Å². The van der Waals surface area contributed by atoms with E-state index in [0.29, 0.717) is 18.8 Å². The van der Waals surface area contributed by atoms with Crippen LogP contribution in [0.1, 0.15) is 46.1 Å². The van der Waals surface area contributed by atoms with Gasteiger partial charge in [0.25, 0.3) is 0 Å². The van der Waals surface area contributed by atoms with Crippen molar-refractivity contribution in [3.63, 3.8) is 0 Å². The zero-order valence-corrected chi connectivity index (χ0v) is 13.6. The van der Waals surface area contributed by atoms with Gasteiger partial charge in [-0.15, -0.1) is 0 Å². The molecule has 0 fully saturated rings. The molecule has 2 rings (SSSR count). The maximum Gasteiger partial charge on any atom is 0.231 e. The summed E-state index contributed by atoms with van der Waals surface area (Å²) in [7, 11) is 0. The molecule has 1 N–H and O–H groups in total. The van der Waals surface area contributed by atoms with Gasteiger partial charge in [-0.25, -0.2) is 0 Å². The van der Waals surface area contributed by atoms with Crippen LogP contribution in [0, 0.1) is 5.92 Å². The Balaban J connectivity index is 2.09. The predicted molar refractivity (Wildman–Crippen MR) is 84.1 cm³/mol. The third-order valence-electron chi connectivity index (χ3n) is 3.56. The van der Waals surface area contributed by atoms with Gasteiger partial charge in [-0.2, -0.15) is 0 Å². The third-order valence-corrected chi connectivity index (χ3v) is 3.56. The molecule has 1 aliphatic rings. The summed E-state index contributed by atoms with van der Waals surface area (Å²) >= 11 is 0. The zero-order chi connectivity index (χ0) is 15.2. The van der Waals surface area contributed by atoms with Crippen molar-refractivity contribution in [3.8, 4) is 17.2 Å². The van der Waals surface area contributed by atoms with Gasteiger partial charge < -0.3 is 19.5 Å². The molecule has 0 aromatic heterocycles. The lowest BCUT2D eigenvalue weighted by atomic mass is 10.1. The highest BCUT2D eigenvalue weighted by Gasteiger charge is 2.18. The van der Waals surface area contributed by atoms with E-state index < -0.39 is 0 Å². The van der Waals surface area contributed by atoms with Crippen LogP contribution in [0.3, 0.4) is 0 Å². The van der Waals surface area contributed by atoms with E-state index in [4.69, 9.17) is 14.2 Å². The second kappa shape index (κ2) is 7.55. The summed E-state index contributed by atoms with van der Waals surface area (Å²) in [6, 6.07) is 4.41. The molecule has 1 atom stereocenters. The molecule has 1 aromatic carbocycles. The molecule has 0 saturated carbocycles. The fraction of sp³-hybridized carbons (Fsp3) is 0.647. The van der Waals surface area contributed by atoms with Gasteiger partial charge in [0.1, 0.15) is 5.75 Å². The van der Waals surface area contributed by atoms with E-state index in [9.17, 15) is 0 Å². The zero-order valence-electron chi connectivity index (χ0n) is 13.6. The number of rotatable bonds is 8. The highest BCUT2D eigenvalue weighted by Crippen LogP contribution is 2.38. The van der Waals surface area contributed by atoms with Crippen LogP contribution in [0.4, 0.5) is 0 Å². The minimum atomic E-state index is 0.294. The highest BCUT2D eigenvalue weighted by atomic mass is 16.7. The topological polar surface area (TPSA) is 39.7 Å². The Kier molecular flexibility index (Phi) is 5.74. The Labute approximate surface area is 127 Å². The molecule has 21 heavy (non-hydrogen) atoms. The quantitative estimate of drug-likeness (QED) is 0.793. The van der Waals surface area contributed by atoms with Crippen molar-refractivity contribution in [1.82, 2.24) is 5.32 Å². The number of ether oxygens (including phenoxy) is 3. The average Bonchev–Trinajstić information content (AvgIpc) is 2.89. The largest absolute Gasteiger partial charge is 0.493 e. The lowest BCUT2D eigenvalue weighted by Gasteiger charge is -2.17. The van der Waals surface area contributed by atoms with Crippen molar-refractivity contribution in [2.75, 3.05) is 13.4 Å². The molecule has 1 unspecified atom stereocenters. The molecule has 4 nitrogen and oxygen atoms in total. The standard InChI is InChI=1S/C17H27NO3/c1-5-6-13(4)10-19-15-8-17-16(20-11-21-17)7-14(15)9-18-12(2)3/h7-8,12-13,18H,5-6,9-11H2,1-4H3. The summed E-state index contributed by atoms with van der Waals surface area (Å²) in [4.78, 5) is 0. The van der Waals surface area contributed by atoms with Gasteiger partial charge in [0.15, 0.2) is 11.5 Å². The molecule has 1 heterocycles. The van der Waals surface area contributed by atoms with E-state index >= 15 is 0 Å². The van der Waals surface area contributed by atoms with E-state index in [1.165, 1.54) is 12.8 Å². The molecule has 0 saturated heterocycles. The molecule has 0 radical (unpaired) electrons. The Bertz CT molecular complexity index is 460. The minimum absolute atomic E-state index is 0.294. The van der Waals surface area contributed by atoms with Gasteiger partial charge in [0.2, 0.25) is 6.79 Å². The number of benzene rings is 1. The van der Waals surface area contributed by atoms with Gasteiger partial charge >= 0.3 is 0 Å². The molecule has 1 aromatic rings. The van der Waals surface area contributed by atoms with Crippen LogP contribution in [0.15, 0.2) is 12.1 Å². The fourth-order valence-electron chi connectivity index (χ4n) is 2.36. The van der Waals surface area contributed by atoms with Crippen LogP contribution in [0.25, 0.3) is 0 Å². The van der Waals surface area contributed by atoms with Crippen molar-refractivity contribution in [2.24, 2.45) is 5.92 Å². The Morgan fingerprint density at radius 3 is 2.57 bits per heavy atom. The van der Waals surface area contributed by atoms with Crippen molar-refractivity contribution < 1.29 is 14.2 Å². The molecular weight excluding hydrogens is 266 g/mol. The van der Waals surface area contributed by atoms with Gasteiger partial charge in [-0.05, 0) is 18.4 Å². The van der Waals surface area contributed by atoms with Crippen molar-refractivity contribution in [3.05, 3.63) is 17.7 Å². The van der Waals surface area contributed by atoms with Gasteiger partial charge in [0.05, 0.1) is 6.61 Å². The average molecular weight is 293 g/mol. The maximum absolute atomic E-state index is 6.03. The highest BCUT2D eigenvalue weighted by molar-refractivity contribution is 5.51. The van der Waals surface area contributed by atoms with E-state index in [-0.39, 0.29) is 0 Å². The number of nitrogens with one attached hydrogen (secondary N) is 1. The summed E-state index contributed by atoms with van der Waals surface area (Å²) in [5, 5.41) is 3.43. The molecule has 0 aliphatic carbocycles. The van der Waals surface area contributed by atoms with Crippen LogP contribution in [-0.2, 0) is 6.54 Å². The predicted octanol–water partition coefficient (Wildman–Crippen LogP) is 3.73. The smallest absolute Gasteiger partial charge is 0.231 e. The van der Waals surface area contributed by atoms with Crippen LogP contribution in [0.2, 0.25) is 0 Å². The van der Waals surface area contributed by atoms with Crippen LogP contribution in [0.5, 0.6) is 17.2 Å². The lowest BCUT2D eigenvalue weighted by molar-refractivity contribution is 0.173. The van der Waals surface area contributed by atoms with E-state index in [0.717, 1.165) is 36.0 Å². The molecule has 0 bridgehead atoms. The second-order valence-corrected chi connectivity index (χ2v) is 6.05. The summed E-state index contributed by atoms with van der Waals surface area (Å²) in [5.74, 6) is 3.05. The summed E-state index contributed by atoms with van der Waals surface area (Å²) in [5.41, 5.74) is 1.12. The lowest BCUT2D eigenvalue weighted by Crippen LogP contribution is -2.22. The summed E-state index contributed by atoms with van der Waals surface area (Å²) in [6.45, 7) is 10.5. The minimum Gasteiger partial charge on any atom is -0.493 e. The van der Waals surface area contributed by atoms with E-state index in [1.54, 1.807) is 0 Å².